The van der Waals surface area contributed by atoms with Crippen LogP contribution in [0.1, 0.15) is 335 Å². The molecule has 0 radical (unpaired) electrons. The quantitative estimate of drug-likeness (QED) is 0.0195. The van der Waals surface area contributed by atoms with Crippen molar-refractivity contribution in [1.82, 2.24) is 5.32 Å². The summed E-state index contributed by atoms with van der Waals surface area (Å²) >= 11 is 0. The Bertz CT molecular complexity index is 1300. The smallest absolute Gasteiger partial charge is 0.306 e. The van der Waals surface area contributed by atoms with E-state index < -0.39 is 67.4 Å². The van der Waals surface area contributed by atoms with Gasteiger partial charge < -0.3 is 45.1 Å². The van der Waals surface area contributed by atoms with Crippen molar-refractivity contribution >= 4 is 11.9 Å². The largest absolute Gasteiger partial charge is 0.452 e. The third-order valence-electron chi connectivity index (χ3n) is 16.2. The number of carbonyl (C=O) groups excluding carboxylic acids is 2. The molecule has 0 aromatic carbocycles. The number of hydrogen-bond donors (Lipinski definition) is 6. The lowest BCUT2D eigenvalue weighted by Crippen LogP contribution is -2.60. The third kappa shape index (κ3) is 42.9. The number of allylic oxidation sites excluding steroid dienone is 1. The molecule has 1 saturated heterocycles. The first-order valence-electron chi connectivity index (χ1n) is 33.5. The summed E-state index contributed by atoms with van der Waals surface area (Å²) in [6.45, 7) is 5.86. The maximum absolute atomic E-state index is 14.2. The maximum atomic E-state index is 14.2. The summed E-state index contributed by atoms with van der Waals surface area (Å²) in [5, 5.41) is 55.7. The summed E-state index contributed by atoms with van der Waals surface area (Å²) in [7, 11) is 0. The Morgan fingerprint density at radius 2 is 0.831 bits per heavy atom. The number of aliphatic hydroxyl groups excluding tert-OH is 5. The van der Waals surface area contributed by atoms with E-state index in [0.29, 0.717) is 12.8 Å². The molecule has 0 aromatic heterocycles. The van der Waals surface area contributed by atoms with E-state index in [1.807, 2.05) is 6.08 Å². The van der Waals surface area contributed by atoms with E-state index in [2.05, 4.69) is 26.1 Å². The molecular weight excluding hydrogens is 967 g/mol. The second kappa shape index (κ2) is 55.0. The highest BCUT2D eigenvalue weighted by Crippen LogP contribution is 2.24. The first-order valence-corrected chi connectivity index (χ1v) is 33.5. The third-order valence-corrected chi connectivity index (χ3v) is 16.2. The second-order valence-corrected chi connectivity index (χ2v) is 23.6. The fourth-order valence-electron chi connectivity index (χ4n) is 10.9. The Hall–Kier alpha value is -1.60. The molecule has 8 atom stereocenters. The van der Waals surface area contributed by atoms with E-state index >= 15 is 0 Å². The van der Waals surface area contributed by atoms with Gasteiger partial charge in [0.2, 0.25) is 0 Å². The highest BCUT2D eigenvalue weighted by molar-refractivity contribution is 5.84. The second-order valence-electron chi connectivity index (χ2n) is 23.6. The molecule has 11 heteroatoms. The van der Waals surface area contributed by atoms with Crippen LogP contribution in [0.3, 0.4) is 0 Å². The first-order chi connectivity index (χ1) is 37.7. The summed E-state index contributed by atoms with van der Waals surface area (Å²) < 4.78 is 17.4. The highest BCUT2D eigenvalue weighted by atomic mass is 16.7. The van der Waals surface area contributed by atoms with Crippen molar-refractivity contribution in [2.24, 2.45) is 0 Å². The number of ether oxygens (including phenoxy) is 3. The van der Waals surface area contributed by atoms with Crippen molar-refractivity contribution in [2.45, 2.75) is 384 Å². The SMILES string of the molecule is CCCCCCCCCCCCC/C=C/[C@@H](O)[C@H](CO[C@@H]1O[C@H](CO)[C@H](O)[C@H](O)[C@H]1O)NC(=O)[C@@H](CCCCCCCCCCCCCCCCCCCCCC)OC(=O)CCCCCCCCCCCCCCCCC. The molecule has 0 aliphatic carbocycles. The van der Waals surface area contributed by atoms with Crippen molar-refractivity contribution in [2.75, 3.05) is 13.2 Å². The van der Waals surface area contributed by atoms with Gasteiger partial charge in [0.25, 0.3) is 5.91 Å². The normalized spacial score (nSPS) is 19.0. The van der Waals surface area contributed by atoms with Crippen LogP contribution in [0.4, 0.5) is 0 Å². The Morgan fingerprint density at radius 3 is 1.21 bits per heavy atom. The lowest BCUT2D eigenvalue weighted by molar-refractivity contribution is -0.302. The lowest BCUT2D eigenvalue weighted by atomic mass is 9.99. The van der Waals surface area contributed by atoms with E-state index in [1.54, 1.807) is 6.08 Å². The van der Waals surface area contributed by atoms with Crippen molar-refractivity contribution in [3.63, 3.8) is 0 Å². The van der Waals surface area contributed by atoms with Crippen LogP contribution in [0.2, 0.25) is 0 Å². The number of aliphatic hydroxyl groups is 5. The molecule has 1 rings (SSSR count). The van der Waals surface area contributed by atoms with Gasteiger partial charge in [-0.2, -0.15) is 0 Å². The number of carbonyl (C=O) groups is 2. The zero-order valence-electron chi connectivity index (χ0n) is 50.6. The van der Waals surface area contributed by atoms with Crippen LogP contribution in [0.5, 0.6) is 0 Å². The van der Waals surface area contributed by atoms with E-state index in [-0.39, 0.29) is 13.0 Å². The van der Waals surface area contributed by atoms with Crippen molar-refractivity contribution in [3.8, 4) is 0 Å². The lowest BCUT2D eigenvalue weighted by Gasteiger charge is -2.40. The number of esters is 1. The van der Waals surface area contributed by atoms with Crippen molar-refractivity contribution in [1.29, 1.82) is 0 Å². The average molecular weight is 1090 g/mol. The van der Waals surface area contributed by atoms with Gasteiger partial charge in [-0.3, -0.25) is 9.59 Å². The zero-order valence-corrected chi connectivity index (χ0v) is 50.6. The molecule has 456 valence electrons. The predicted molar refractivity (Wildman–Crippen MR) is 320 cm³/mol. The van der Waals surface area contributed by atoms with Crippen LogP contribution in [-0.4, -0.2) is 99.6 Å². The van der Waals surface area contributed by atoms with Gasteiger partial charge in [-0.15, -0.1) is 0 Å². The average Bonchev–Trinajstić information content (AvgIpc) is 3.43. The van der Waals surface area contributed by atoms with Gasteiger partial charge in [0.1, 0.15) is 24.4 Å². The molecule has 0 saturated carbocycles. The molecule has 6 N–H and O–H groups in total. The van der Waals surface area contributed by atoms with Crippen LogP contribution in [0.15, 0.2) is 12.2 Å². The summed E-state index contributed by atoms with van der Waals surface area (Å²) in [4.78, 5) is 27.5. The minimum atomic E-state index is -1.63. The van der Waals surface area contributed by atoms with Gasteiger partial charge in [-0.25, -0.2) is 0 Å². The zero-order chi connectivity index (χ0) is 56.1. The van der Waals surface area contributed by atoms with E-state index in [9.17, 15) is 35.1 Å². The van der Waals surface area contributed by atoms with Crippen LogP contribution in [0, 0.1) is 0 Å². The van der Waals surface area contributed by atoms with E-state index in [0.717, 1.165) is 57.8 Å². The monoisotopic (exact) mass is 1090 g/mol. The highest BCUT2D eigenvalue weighted by Gasteiger charge is 2.44. The number of rotatable bonds is 58. The van der Waals surface area contributed by atoms with Crippen LogP contribution < -0.4 is 5.32 Å². The molecule has 0 unspecified atom stereocenters. The van der Waals surface area contributed by atoms with Crippen molar-refractivity contribution < 1.29 is 49.3 Å². The Labute approximate surface area is 474 Å². The Kier molecular flexibility index (Phi) is 52.4. The van der Waals surface area contributed by atoms with E-state index in [1.165, 1.54) is 238 Å². The summed E-state index contributed by atoms with van der Waals surface area (Å²) in [6, 6.07) is -1.02. The molecular formula is C66H127NO10. The minimum absolute atomic E-state index is 0.245. The predicted octanol–water partition coefficient (Wildman–Crippen LogP) is 16.3. The topological polar surface area (TPSA) is 175 Å². The maximum Gasteiger partial charge on any atom is 0.306 e. The molecule has 0 aromatic rings. The first kappa shape index (κ1) is 73.4. The van der Waals surface area contributed by atoms with Crippen LogP contribution >= 0.6 is 0 Å². The molecule has 1 aliphatic rings. The molecule has 1 fully saturated rings. The summed E-state index contributed by atoms with van der Waals surface area (Å²) in [5.74, 6) is -0.914. The fraction of sp³-hybridized carbons (Fsp3) is 0.939. The number of unbranched alkanes of at least 4 members (excludes halogenated alkanes) is 44. The molecule has 11 nitrogen and oxygen atoms in total. The van der Waals surface area contributed by atoms with Crippen LogP contribution in [0.25, 0.3) is 0 Å². The number of hydrogen-bond acceptors (Lipinski definition) is 10. The molecule has 1 amide bonds. The molecule has 0 spiro atoms. The summed E-state index contributed by atoms with van der Waals surface area (Å²) in [5.41, 5.74) is 0. The summed E-state index contributed by atoms with van der Waals surface area (Å²) in [6.07, 6.45) is 53.0. The standard InChI is InChI=1S/C66H127NO10/c1-4-7-10-13-16-19-22-25-27-28-29-30-31-33-35-38-41-44-47-50-53-59(76-61(70)54-51-48-45-42-39-36-32-26-23-20-17-14-11-8-5-2)65(74)67-57(56-75-66-64(73)63(72)62(71)60(55-68)77-66)58(69)52-49-46-43-40-37-34-24-21-18-15-12-9-6-3/h49,52,57-60,62-64,66,68-69,71-73H,4-48,50-51,53-56H2,1-3H3,(H,67,74)/b52-49+/t57-,58+,59+,60+,62-,63-,64+,66+/m0/s1. The molecule has 1 aliphatic heterocycles. The molecule has 1 heterocycles. The van der Waals surface area contributed by atoms with Gasteiger partial charge in [0.05, 0.1) is 25.4 Å². The van der Waals surface area contributed by atoms with Gasteiger partial charge >= 0.3 is 5.97 Å². The van der Waals surface area contributed by atoms with Crippen molar-refractivity contribution in [3.05, 3.63) is 12.2 Å². The van der Waals surface area contributed by atoms with Gasteiger partial charge in [0, 0.05) is 6.42 Å². The Balaban J connectivity index is 2.76. The number of amides is 1. The minimum Gasteiger partial charge on any atom is -0.452 e. The van der Waals surface area contributed by atoms with Gasteiger partial charge in [-0.05, 0) is 32.1 Å². The fourth-order valence-corrected chi connectivity index (χ4v) is 10.9. The van der Waals surface area contributed by atoms with Gasteiger partial charge in [-0.1, -0.05) is 309 Å². The number of nitrogens with one attached hydrogen (secondary N) is 1. The Morgan fingerprint density at radius 1 is 0.481 bits per heavy atom. The van der Waals surface area contributed by atoms with Gasteiger partial charge in [0.15, 0.2) is 12.4 Å². The van der Waals surface area contributed by atoms with Crippen LogP contribution in [-0.2, 0) is 23.8 Å². The van der Waals surface area contributed by atoms with E-state index in [4.69, 9.17) is 14.2 Å². The molecule has 77 heavy (non-hydrogen) atoms. The molecule has 0 bridgehead atoms.